The number of esters is 1. The third-order valence-electron chi connectivity index (χ3n) is 2.47. The Hall–Kier alpha value is -1.13. The minimum absolute atomic E-state index is 0.221. The van der Waals surface area contributed by atoms with Crippen molar-refractivity contribution in [2.75, 3.05) is 7.11 Å². The van der Waals surface area contributed by atoms with Crippen LogP contribution in [0.4, 0.5) is 4.39 Å². The molecule has 0 bridgehead atoms. The normalized spacial score (nSPS) is 16.3. The first kappa shape index (κ1) is 12.9. The van der Waals surface area contributed by atoms with Gasteiger partial charge in [-0.25, -0.2) is 9.18 Å². The molecule has 88 valence electrons. The second-order valence-corrected chi connectivity index (χ2v) is 3.86. The molecule has 0 spiro atoms. The summed E-state index contributed by atoms with van der Waals surface area (Å²) in [5, 5.41) is 0.236. The van der Waals surface area contributed by atoms with Crippen molar-refractivity contribution in [2.24, 2.45) is 5.73 Å². The highest BCUT2D eigenvalue weighted by Gasteiger charge is 2.44. The van der Waals surface area contributed by atoms with Gasteiger partial charge in [0.1, 0.15) is 6.17 Å². The Labute approximate surface area is 98.3 Å². The summed E-state index contributed by atoms with van der Waals surface area (Å²) < 4.78 is 18.1. The van der Waals surface area contributed by atoms with E-state index < -0.39 is 17.7 Å². The van der Waals surface area contributed by atoms with Crippen molar-refractivity contribution in [1.29, 1.82) is 0 Å². The Morgan fingerprint density at radius 1 is 1.56 bits per heavy atom. The van der Waals surface area contributed by atoms with Gasteiger partial charge in [-0.1, -0.05) is 29.8 Å². The molecule has 0 aliphatic carbocycles. The zero-order valence-corrected chi connectivity index (χ0v) is 9.79. The van der Waals surface area contributed by atoms with E-state index in [1.165, 1.54) is 13.0 Å². The molecule has 0 aromatic heterocycles. The summed E-state index contributed by atoms with van der Waals surface area (Å²) in [6.45, 7) is 1.19. The van der Waals surface area contributed by atoms with E-state index in [4.69, 9.17) is 17.3 Å². The van der Waals surface area contributed by atoms with Crippen molar-refractivity contribution in [1.82, 2.24) is 0 Å². The fourth-order valence-electron chi connectivity index (χ4n) is 1.45. The summed E-state index contributed by atoms with van der Waals surface area (Å²) in [4.78, 5) is 11.6. The zero-order chi connectivity index (χ0) is 12.3. The van der Waals surface area contributed by atoms with E-state index in [2.05, 4.69) is 4.74 Å². The number of benzene rings is 1. The van der Waals surface area contributed by atoms with Crippen LogP contribution < -0.4 is 5.73 Å². The maximum absolute atomic E-state index is 13.6. The highest BCUT2D eigenvalue weighted by molar-refractivity contribution is 6.31. The predicted molar refractivity (Wildman–Crippen MR) is 59.9 cm³/mol. The van der Waals surface area contributed by atoms with E-state index in [9.17, 15) is 9.18 Å². The Balaban J connectivity index is 3.33. The van der Waals surface area contributed by atoms with Crippen molar-refractivity contribution in [3.63, 3.8) is 0 Å². The van der Waals surface area contributed by atoms with Gasteiger partial charge in [0.25, 0.3) is 0 Å². The number of hydrogen-bond acceptors (Lipinski definition) is 3. The topological polar surface area (TPSA) is 52.3 Å². The molecule has 16 heavy (non-hydrogen) atoms. The van der Waals surface area contributed by atoms with Crippen LogP contribution in [0.3, 0.4) is 0 Å². The molecule has 5 heteroatoms. The third kappa shape index (κ3) is 2.03. The Bertz CT molecular complexity index is 397. The Morgan fingerprint density at radius 2 is 2.12 bits per heavy atom. The van der Waals surface area contributed by atoms with Gasteiger partial charge in [0, 0.05) is 10.6 Å². The lowest BCUT2D eigenvalue weighted by molar-refractivity contribution is -0.150. The minimum atomic E-state index is -1.87. The van der Waals surface area contributed by atoms with Crippen LogP contribution in [0.15, 0.2) is 24.3 Å². The molecule has 2 unspecified atom stereocenters. The lowest BCUT2D eigenvalue weighted by atomic mass is 9.87. The van der Waals surface area contributed by atoms with Gasteiger partial charge in [-0.3, -0.25) is 0 Å². The summed E-state index contributed by atoms with van der Waals surface area (Å²) in [6, 6.07) is 6.36. The van der Waals surface area contributed by atoms with Crippen molar-refractivity contribution in [3.8, 4) is 0 Å². The molecule has 0 radical (unpaired) electrons. The van der Waals surface area contributed by atoms with Gasteiger partial charge in [-0.2, -0.15) is 0 Å². The van der Waals surface area contributed by atoms with Crippen LogP contribution in [-0.2, 0) is 15.1 Å². The summed E-state index contributed by atoms with van der Waals surface area (Å²) in [5.41, 5.74) is 4.14. The number of nitrogens with two attached hydrogens (primary N) is 1. The molecular weight excluding hydrogens is 233 g/mol. The number of hydrogen-bond donors (Lipinski definition) is 1. The lowest BCUT2D eigenvalue weighted by Gasteiger charge is -2.29. The fraction of sp³-hybridized carbons (Fsp3) is 0.364. The minimum Gasteiger partial charge on any atom is -0.467 e. The van der Waals surface area contributed by atoms with Crippen LogP contribution in [0.25, 0.3) is 0 Å². The Kier molecular flexibility index (Phi) is 3.88. The smallest absolute Gasteiger partial charge is 0.333 e. The van der Waals surface area contributed by atoms with E-state index in [-0.39, 0.29) is 10.6 Å². The van der Waals surface area contributed by atoms with E-state index in [1.807, 2.05) is 0 Å². The second kappa shape index (κ2) is 4.80. The predicted octanol–water partition coefficient (Wildman–Crippen LogP) is 2.02. The molecule has 0 heterocycles. The average Bonchev–Trinajstić information content (AvgIpc) is 2.27. The van der Waals surface area contributed by atoms with Gasteiger partial charge in [0.2, 0.25) is 0 Å². The van der Waals surface area contributed by atoms with Gasteiger partial charge in [-0.15, -0.1) is 0 Å². The Morgan fingerprint density at radius 3 is 2.56 bits per heavy atom. The monoisotopic (exact) mass is 245 g/mol. The first-order chi connectivity index (χ1) is 7.44. The molecule has 0 fully saturated rings. The SMILES string of the molecule is COC(=O)C(N)(c1ccccc1Cl)C(C)F. The van der Waals surface area contributed by atoms with Crippen LogP contribution in [0.5, 0.6) is 0 Å². The van der Waals surface area contributed by atoms with Crippen LogP contribution in [0.1, 0.15) is 12.5 Å². The van der Waals surface area contributed by atoms with E-state index in [0.29, 0.717) is 0 Å². The second-order valence-electron chi connectivity index (χ2n) is 3.46. The van der Waals surface area contributed by atoms with Crippen LogP contribution in [-0.4, -0.2) is 19.3 Å². The molecule has 1 aromatic carbocycles. The number of methoxy groups -OCH3 is 1. The third-order valence-corrected chi connectivity index (χ3v) is 2.80. The molecule has 0 saturated carbocycles. The highest BCUT2D eigenvalue weighted by atomic mass is 35.5. The van der Waals surface area contributed by atoms with Gasteiger partial charge >= 0.3 is 5.97 Å². The molecule has 2 N–H and O–H groups in total. The molecule has 0 aliphatic rings. The molecule has 0 saturated heterocycles. The van der Waals surface area contributed by atoms with Crippen molar-refractivity contribution in [3.05, 3.63) is 34.9 Å². The van der Waals surface area contributed by atoms with Crippen LogP contribution >= 0.6 is 11.6 Å². The zero-order valence-electron chi connectivity index (χ0n) is 9.04. The molecule has 0 amide bonds. The maximum atomic E-state index is 13.6. The van der Waals surface area contributed by atoms with Crippen molar-refractivity contribution >= 4 is 17.6 Å². The lowest BCUT2D eigenvalue weighted by Crippen LogP contribution is -2.52. The molecule has 1 rings (SSSR count). The standard InChI is InChI=1S/C11H13ClFNO2/c1-7(13)11(14,10(15)16-2)8-5-3-4-6-9(8)12/h3-7H,14H2,1-2H3. The first-order valence-corrected chi connectivity index (χ1v) is 5.08. The fourth-order valence-corrected chi connectivity index (χ4v) is 1.74. The number of rotatable bonds is 3. The molecular formula is C11H13ClFNO2. The van der Waals surface area contributed by atoms with Crippen LogP contribution in [0, 0.1) is 0 Å². The summed E-state index contributed by atoms with van der Waals surface area (Å²) in [6.07, 6.45) is -1.61. The van der Waals surface area contributed by atoms with E-state index >= 15 is 0 Å². The molecule has 2 atom stereocenters. The van der Waals surface area contributed by atoms with Gasteiger partial charge < -0.3 is 10.5 Å². The van der Waals surface area contributed by atoms with Crippen molar-refractivity contribution < 1.29 is 13.9 Å². The summed E-state index contributed by atoms with van der Waals surface area (Å²) in [7, 11) is 1.16. The van der Waals surface area contributed by atoms with Crippen LogP contribution in [0.2, 0.25) is 5.02 Å². The van der Waals surface area contributed by atoms with E-state index in [1.54, 1.807) is 18.2 Å². The molecule has 1 aromatic rings. The molecule has 0 aliphatic heterocycles. The highest BCUT2D eigenvalue weighted by Crippen LogP contribution is 2.31. The van der Waals surface area contributed by atoms with Gasteiger partial charge in [0.15, 0.2) is 5.54 Å². The summed E-state index contributed by atoms with van der Waals surface area (Å²) >= 11 is 5.90. The first-order valence-electron chi connectivity index (χ1n) is 4.71. The van der Waals surface area contributed by atoms with Crippen molar-refractivity contribution in [2.45, 2.75) is 18.6 Å². The van der Waals surface area contributed by atoms with E-state index in [0.717, 1.165) is 7.11 Å². The quantitative estimate of drug-likeness (QED) is 0.829. The number of halogens is 2. The average molecular weight is 246 g/mol. The number of alkyl halides is 1. The summed E-state index contributed by atoms with van der Waals surface area (Å²) in [5.74, 6) is -0.851. The van der Waals surface area contributed by atoms with Gasteiger partial charge in [0.05, 0.1) is 7.11 Å². The largest absolute Gasteiger partial charge is 0.467 e. The number of ether oxygens (including phenoxy) is 1. The molecule has 3 nitrogen and oxygen atoms in total. The number of carbonyl (C=O) groups excluding carboxylic acids is 1. The van der Waals surface area contributed by atoms with Gasteiger partial charge in [-0.05, 0) is 13.0 Å². The maximum Gasteiger partial charge on any atom is 0.333 e. The number of carbonyl (C=O) groups is 1.